The molecule has 3 aromatic rings. The first-order valence-corrected chi connectivity index (χ1v) is 10.3. The molecule has 0 bridgehead atoms. The first-order valence-electron chi connectivity index (χ1n) is 9.41. The largest absolute Gasteiger partial charge is 0.463 e. The molecule has 0 spiro atoms. The Morgan fingerprint density at radius 1 is 1.17 bits per heavy atom. The van der Waals surface area contributed by atoms with Gasteiger partial charge in [0, 0.05) is 12.8 Å². The standard InChI is InChI=1S/C21H23N3O4S/c1-14(2)27-20(26)13-16(15-7-4-3-5-8-15)22-18(25)10-11-19-23-21(24-28-19)17-9-6-12-29-17/h3-9,12,14,16H,10-11,13H2,1-2H3,(H,22,25). The highest BCUT2D eigenvalue weighted by Crippen LogP contribution is 2.22. The van der Waals surface area contributed by atoms with E-state index in [1.165, 1.54) is 11.3 Å². The average Bonchev–Trinajstić information content (AvgIpc) is 3.37. The molecule has 2 heterocycles. The first kappa shape index (κ1) is 20.7. The number of nitrogens with one attached hydrogen (secondary N) is 1. The van der Waals surface area contributed by atoms with Gasteiger partial charge in [0.2, 0.25) is 17.6 Å². The van der Waals surface area contributed by atoms with Crippen molar-refractivity contribution in [2.24, 2.45) is 0 Å². The van der Waals surface area contributed by atoms with Crippen LogP contribution in [0.1, 0.15) is 44.2 Å². The Morgan fingerprint density at radius 3 is 2.66 bits per heavy atom. The van der Waals surface area contributed by atoms with Crippen LogP contribution < -0.4 is 5.32 Å². The van der Waals surface area contributed by atoms with Crippen LogP contribution in [0.3, 0.4) is 0 Å². The normalized spacial score (nSPS) is 12.0. The topological polar surface area (TPSA) is 94.3 Å². The zero-order valence-electron chi connectivity index (χ0n) is 16.3. The third-order valence-electron chi connectivity index (χ3n) is 4.05. The highest BCUT2D eigenvalue weighted by Gasteiger charge is 2.20. The van der Waals surface area contributed by atoms with E-state index in [1.807, 2.05) is 47.8 Å². The van der Waals surface area contributed by atoms with Crippen LogP contribution in [0.4, 0.5) is 0 Å². The van der Waals surface area contributed by atoms with Crippen LogP contribution in [-0.4, -0.2) is 28.1 Å². The van der Waals surface area contributed by atoms with Crippen molar-refractivity contribution in [2.75, 3.05) is 0 Å². The predicted molar refractivity (Wildman–Crippen MR) is 109 cm³/mol. The molecule has 8 heteroatoms. The van der Waals surface area contributed by atoms with Crippen LogP contribution in [-0.2, 0) is 20.7 Å². The summed E-state index contributed by atoms with van der Waals surface area (Å²) in [6.07, 6.45) is 0.359. The van der Waals surface area contributed by atoms with Crippen molar-refractivity contribution in [1.82, 2.24) is 15.5 Å². The number of rotatable bonds is 9. The second-order valence-electron chi connectivity index (χ2n) is 6.76. The molecule has 0 saturated heterocycles. The molecule has 0 aliphatic rings. The van der Waals surface area contributed by atoms with E-state index in [9.17, 15) is 9.59 Å². The van der Waals surface area contributed by atoms with Crippen molar-refractivity contribution in [3.63, 3.8) is 0 Å². The number of amides is 1. The zero-order chi connectivity index (χ0) is 20.6. The number of thiophene rings is 1. The lowest BCUT2D eigenvalue weighted by Gasteiger charge is -2.19. The molecule has 0 radical (unpaired) electrons. The fraction of sp³-hybridized carbons (Fsp3) is 0.333. The zero-order valence-corrected chi connectivity index (χ0v) is 17.1. The number of aromatic nitrogens is 2. The Balaban J connectivity index is 1.58. The number of hydrogen-bond donors (Lipinski definition) is 1. The lowest BCUT2D eigenvalue weighted by atomic mass is 10.0. The molecule has 3 rings (SSSR count). The Bertz CT molecular complexity index is 923. The van der Waals surface area contributed by atoms with Gasteiger partial charge >= 0.3 is 5.97 Å². The van der Waals surface area contributed by atoms with Crippen LogP contribution >= 0.6 is 11.3 Å². The SMILES string of the molecule is CC(C)OC(=O)CC(NC(=O)CCc1nc(-c2cccs2)no1)c1ccccc1. The quantitative estimate of drug-likeness (QED) is 0.534. The monoisotopic (exact) mass is 413 g/mol. The number of aryl methyl sites for hydroxylation is 1. The van der Waals surface area contributed by atoms with Crippen LogP contribution in [0.5, 0.6) is 0 Å². The van der Waals surface area contributed by atoms with E-state index >= 15 is 0 Å². The van der Waals surface area contributed by atoms with Gasteiger partial charge in [-0.1, -0.05) is 41.6 Å². The molecule has 0 fully saturated rings. The molecule has 0 aliphatic carbocycles. The maximum Gasteiger partial charge on any atom is 0.308 e. The summed E-state index contributed by atoms with van der Waals surface area (Å²) in [5.41, 5.74) is 0.847. The second kappa shape index (κ2) is 9.97. The third kappa shape index (κ3) is 6.25. The Kier molecular flexibility index (Phi) is 7.13. The molecule has 152 valence electrons. The van der Waals surface area contributed by atoms with Gasteiger partial charge in [0.25, 0.3) is 0 Å². The molecular weight excluding hydrogens is 390 g/mol. The van der Waals surface area contributed by atoms with Gasteiger partial charge in [0.15, 0.2) is 0 Å². The molecule has 2 aromatic heterocycles. The number of nitrogens with zero attached hydrogens (tertiary/aromatic N) is 2. The van der Waals surface area contributed by atoms with Gasteiger partial charge in [-0.25, -0.2) is 0 Å². The maximum absolute atomic E-state index is 12.5. The van der Waals surface area contributed by atoms with Crippen molar-refractivity contribution in [3.8, 4) is 10.7 Å². The summed E-state index contributed by atoms with van der Waals surface area (Å²) in [6.45, 7) is 3.59. The summed E-state index contributed by atoms with van der Waals surface area (Å²) in [5.74, 6) is 0.367. The summed E-state index contributed by atoms with van der Waals surface area (Å²) in [6, 6.07) is 12.7. The van der Waals surface area contributed by atoms with E-state index in [4.69, 9.17) is 9.26 Å². The Labute approximate surface area is 173 Å². The third-order valence-corrected chi connectivity index (χ3v) is 4.92. The van der Waals surface area contributed by atoms with E-state index in [0.29, 0.717) is 18.1 Å². The lowest BCUT2D eigenvalue weighted by Crippen LogP contribution is -2.31. The number of benzene rings is 1. The van der Waals surface area contributed by atoms with Crippen molar-refractivity contribution < 1.29 is 18.8 Å². The van der Waals surface area contributed by atoms with Crippen molar-refractivity contribution in [2.45, 2.75) is 45.3 Å². The lowest BCUT2D eigenvalue weighted by molar-refractivity contribution is -0.148. The number of carbonyl (C=O) groups excluding carboxylic acids is 2. The van der Waals surface area contributed by atoms with Gasteiger partial charge in [0.05, 0.1) is 23.4 Å². The van der Waals surface area contributed by atoms with Gasteiger partial charge in [-0.2, -0.15) is 4.98 Å². The van der Waals surface area contributed by atoms with Crippen molar-refractivity contribution >= 4 is 23.2 Å². The molecule has 0 saturated carbocycles. The molecule has 1 amide bonds. The van der Waals surface area contributed by atoms with E-state index < -0.39 is 6.04 Å². The van der Waals surface area contributed by atoms with E-state index in [1.54, 1.807) is 13.8 Å². The number of carbonyl (C=O) groups is 2. The van der Waals surface area contributed by atoms with Crippen molar-refractivity contribution in [3.05, 3.63) is 59.3 Å². The van der Waals surface area contributed by atoms with E-state index in [0.717, 1.165) is 10.4 Å². The summed E-state index contributed by atoms with van der Waals surface area (Å²) < 4.78 is 10.5. The number of ether oxygens (including phenoxy) is 1. The van der Waals surface area contributed by atoms with Gasteiger partial charge < -0.3 is 14.6 Å². The molecule has 1 atom stereocenters. The van der Waals surface area contributed by atoms with Crippen LogP contribution in [0.15, 0.2) is 52.4 Å². The summed E-state index contributed by atoms with van der Waals surface area (Å²) >= 11 is 1.52. The first-order chi connectivity index (χ1) is 14.0. The number of hydrogen-bond acceptors (Lipinski definition) is 7. The van der Waals surface area contributed by atoms with Gasteiger partial charge in [-0.3, -0.25) is 9.59 Å². The van der Waals surface area contributed by atoms with Crippen LogP contribution in [0.2, 0.25) is 0 Å². The molecule has 1 unspecified atom stereocenters. The second-order valence-corrected chi connectivity index (χ2v) is 7.71. The van der Waals surface area contributed by atoms with Crippen LogP contribution in [0.25, 0.3) is 10.7 Å². The molecule has 29 heavy (non-hydrogen) atoms. The van der Waals surface area contributed by atoms with Gasteiger partial charge in [-0.05, 0) is 30.9 Å². The molecule has 0 aliphatic heterocycles. The Hall–Kier alpha value is -3.00. The fourth-order valence-electron chi connectivity index (χ4n) is 2.76. The summed E-state index contributed by atoms with van der Waals surface area (Å²) in [4.78, 5) is 29.8. The molecule has 1 N–H and O–H groups in total. The molecular formula is C21H23N3O4S. The van der Waals surface area contributed by atoms with Gasteiger partial charge in [0.1, 0.15) is 0 Å². The summed E-state index contributed by atoms with van der Waals surface area (Å²) in [7, 11) is 0. The minimum atomic E-state index is -0.459. The minimum Gasteiger partial charge on any atom is -0.463 e. The average molecular weight is 413 g/mol. The fourth-order valence-corrected chi connectivity index (χ4v) is 3.41. The highest BCUT2D eigenvalue weighted by molar-refractivity contribution is 7.13. The van der Waals surface area contributed by atoms with Crippen LogP contribution in [0, 0.1) is 0 Å². The Morgan fingerprint density at radius 2 is 1.97 bits per heavy atom. The van der Waals surface area contributed by atoms with E-state index in [-0.39, 0.29) is 30.8 Å². The highest BCUT2D eigenvalue weighted by atomic mass is 32.1. The number of esters is 1. The van der Waals surface area contributed by atoms with Gasteiger partial charge in [-0.15, -0.1) is 11.3 Å². The smallest absolute Gasteiger partial charge is 0.308 e. The summed E-state index contributed by atoms with van der Waals surface area (Å²) in [5, 5.41) is 8.80. The van der Waals surface area contributed by atoms with E-state index in [2.05, 4.69) is 15.5 Å². The molecule has 1 aromatic carbocycles. The van der Waals surface area contributed by atoms with Crippen molar-refractivity contribution in [1.29, 1.82) is 0 Å². The molecule has 7 nitrogen and oxygen atoms in total. The minimum absolute atomic E-state index is 0.0665. The predicted octanol–water partition coefficient (Wildman–Crippen LogP) is 3.93. The maximum atomic E-state index is 12.5.